The number of aliphatic carboxylic acids is 1. The molecule has 2 fully saturated rings. The Kier molecular flexibility index (Phi) is 10.4. The summed E-state index contributed by atoms with van der Waals surface area (Å²) in [5, 5.41) is 18.3. The SMILES string of the molecule is CC1(C)C(C=C(Cl)Cl)C1C(=O)O.CC1(C)C(C=C(Cl)Cl)C1C(=O)OC(C#N)c1ccc(F)c(Oc2ccccc2)c1. The summed E-state index contributed by atoms with van der Waals surface area (Å²) in [5.74, 6) is -2.54. The van der Waals surface area contributed by atoms with Crippen molar-refractivity contribution in [2.75, 3.05) is 0 Å². The monoisotopic (exact) mass is 641 g/mol. The predicted octanol–water partition coefficient (Wildman–Crippen LogP) is 8.98. The number of hydrogen-bond donors (Lipinski definition) is 1. The van der Waals surface area contributed by atoms with E-state index < -0.39 is 29.8 Å². The molecule has 2 aromatic rings. The van der Waals surface area contributed by atoms with E-state index >= 15 is 0 Å². The van der Waals surface area contributed by atoms with Gasteiger partial charge in [0.1, 0.15) is 20.8 Å². The van der Waals surface area contributed by atoms with Crippen molar-refractivity contribution in [3.63, 3.8) is 0 Å². The van der Waals surface area contributed by atoms with Crippen LogP contribution < -0.4 is 4.74 Å². The zero-order valence-electron chi connectivity index (χ0n) is 22.6. The summed E-state index contributed by atoms with van der Waals surface area (Å²) in [5.41, 5.74) is -0.272. The fourth-order valence-corrected chi connectivity index (χ4v) is 5.45. The summed E-state index contributed by atoms with van der Waals surface area (Å²) in [6.07, 6.45) is 2.00. The summed E-state index contributed by atoms with van der Waals surface area (Å²) in [6.45, 7) is 7.57. The quantitative estimate of drug-likeness (QED) is 0.289. The average molecular weight is 643 g/mol. The first-order valence-corrected chi connectivity index (χ1v) is 14.0. The Morgan fingerprint density at radius 3 is 1.98 bits per heavy atom. The van der Waals surface area contributed by atoms with Gasteiger partial charge < -0.3 is 14.6 Å². The highest BCUT2D eigenvalue weighted by Gasteiger charge is 2.62. The summed E-state index contributed by atoms with van der Waals surface area (Å²) in [4.78, 5) is 23.3. The van der Waals surface area contributed by atoms with Crippen LogP contribution in [0.15, 0.2) is 69.7 Å². The molecule has 11 heteroatoms. The van der Waals surface area contributed by atoms with Crippen LogP contribution >= 0.6 is 46.4 Å². The van der Waals surface area contributed by atoms with Gasteiger partial charge in [-0.1, -0.05) is 98.4 Å². The van der Waals surface area contributed by atoms with E-state index in [1.165, 1.54) is 18.2 Å². The molecular formula is C30H28Cl4FNO5. The first-order valence-electron chi connectivity index (χ1n) is 12.5. The molecule has 1 N–H and O–H groups in total. The number of carboxylic acid groups (broad SMARTS) is 1. The number of para-hydroxylation sites is 1. The molecule has 218 valence electrons. The molecule has 0 saturated heterocycles. The molecule has 2 aromatic carbocycles. The molecule has 5 atom stereocenters. The normalized spacial score (nSPS) is 23.3. The maximum Gasteiger partial charge on any atom is 0.311 e. The van der Waals surface area contributed by atoms with Gasteiger partial charge in [-0.15, -0.1) is 0 Å². The molecule has 0 aliphatic heterocycles. The van der Waals surface area contributed by atoms with Crippen LogP contribution in [0, 0.1) is 51.6 Å². The van der Waals surface area contributed by atoms with Crippen LogP contribution in [0.1, 0.15) is 39.4 Å². The van der Waals surface area contributed by atoms with Crippen molar-refractivity contribution in [2.45, 2.75) is 33.8 Å². The fraction of sp³-hybridized carbons (Fsp3) is 0.367. The third-order valence-corrected chi connectivity index (χ3v) is 8.04. The largest absolute Gasteiger partial charge is 0.481 e. The molecule has 2 aliphatic carbocycles. The average Bonchev–Trinajstić information content (AvgIpc) is 3.64. The Hall–Kier alpha value is -2.76. The van der Waals surface area contributed by atoms with E-state index in [1.54, 1.807) is 36.4 Å². The van der Waals surface area contributed by atoms with Crippen molar-refractivity contribution >= 4 is 58.3 Å². The summed E-state index contributed by atoms with van der Waals surface area (Å²) in [6, 6.07) is 14.5. The molecule has 2 aliphatic rings. The van der Waals surface area contributed by atoms with Crippen molar-refractivity contribution in [1.82, 2.24) is 0 Å². The first-order chi connectivity index (χ1) is 19.1. The van der Waals surface area contributed by atoms with E-state index in [-0.39, 0.29) is 43.3 Å². The van der Waals surface area contributed by atoms with Crippen LogP contribution in [0.3, 0.4) is 0 Å². The van der Waals surface area contributed by atoms with Gasteiger partial charge in [-0.05, 0) is 59.1 Å². The van der Waals surface area contributed by atoms with E-state index in [2.05, 4.69) is 0 Å². The number of esters is 1. The number of benzene rings is 2. The third-order valence-electron chi connectivity index (χ3n) is 7.53. The molecule has 0 amide bonds. The first kappa shape index (κ1) is 32.8. The zero-order valence-corrected chi connectivity index (χ0v) is 25.6. The minimum Gasteiger partial charge on any atom is -0.481 e. The van der Waals surface area contributed by atoms with Crippen LogP contribution in [-0.2, 0) is 14.3 Å². The van der Waals surface area contributed by atoms with Gasteiger partial charge in [0.25, 0.3) is 0 Å². The molecule has 5 unspecified atom stereocenters. The highest BCUT2D eigenvalue weighted by Crippen LogP contribution is 2.61. The topological polar surface area (TPSA) is 96.6 Å². The minimum absolute atomic E-state index is 0.0278. The number of carbonyl (C=O) groups excluding carboxylic acids is 1. The van der Waals surface area contributed by atoms with Crippen LogP contribution in [0.25, 0.3) is 0 Å². The van der Waals surface area contributed by atoms with E-state index in [9.17, 15) is 19.2 Å². The molecule has 0 heterocycles. The van der Waals surface area contributed by atoms with Crippen LogP contribution in [-0.4, -0.2) is 17.0 Å². The molecule has 4 rings (SSSR count). The lowest BCUT2D eigenvalue weighted by atomic mass is 10.1. The molecule has 0 aromatic heterocycles. The summed E-state index contributed by atoms with van der Waals surface area (Å²) < 4.78 is 25.3. The van der Waals surface area contributed by atoms with Gasteiger partial charge in [-0.3, -0.25) is 9.59 Å². The second kappa shape index (κ2) is 13.0. The maximum absolute atomic E-state index is 14.2. The predicted molar refractivity (Wildman–Crippen MR) is 156 cm³/mol. The highest BCUT2D eigenvalue weighted by molar-refractivity contribution is 6.56. The Morgan fingerprint density at radius 2 is 1.49 bits per heavy atom. The second-order valence-corrected chi connectivity index (χ2v) is 13.0. The van der Waals surface area contributed by atoms with E-state index in [0.29, 0.717) is 11.3 Å². The number of rotatable bonds is 8. The van der Waals surface area contributed by atoms with Crippen molar-refractivity contribution in [1.29, 1.82) is 5.26 Å². The zero-order chi connectivity index (χ0) is 30.7. The number of ether oxygens (including phenoxy) is 2. The lowest BCUT2D eigenvalue weighted by molar-refractivity contribution is -0.149. The van der Waals surface area contributed by atoms with E-state index in [1.807, 2.05) is 39.8 Å². The van der Waals surface area contributed by atoms with Gasteiger partial charge in [0.2, 0.25) is 6.10 Å². The molecule has 6 nitrogen and oxygen atoms in total. The maximum atomic E-state index is 14.2. The number of nitrogens with zero attached hydrogens (tertiary/aromatic N) is 1. The van der Waals surface area contributed by atoms with Crippen molar-refractivity contribution in [2.24, 2.45) is 34.5 Å². The Balaban J connectivity index is 0.000000322. The second-order valence-electron chi connectivity index (χ2n) is 11.0. The van der Waals surface area contributed by atoms with Gasteiger partial charge in [0.15, 0.2) is 11.6 Å². The molecule has 0 bridgehead atoms. The fourth-order valence-electron chi connectivity index (χ4n) is 4.91. The van der Waals surface area contributed by atoms with Gasteiger partial charge >= 0.3 is 11.9 Å². The number of carboxylic acids is 1. The number of carbonyl (C=O) groups is 2. The van der Waals surface area contributed by atoms with Crippen molar-refractivity contribution in [3.8, 4) is 17.6 Å². The van der Waals surface area contributed by atoms with E-state index in [4.69, 9.17) is 61.0 Å². The molecule has 0 spiro atoms. The lowest BCUT2D eigenvalue weighted by Gasteiger charge is -2.14. The molecule has 0 radical (unpaired) electrons. The number of halogens is 5. The molecule has 41 heavy (non-hydrogen) atoms. The minimum atomic E-state index is -1.20. The van der Waals surface area contributed by atoms with Crippen molar-refractivity contribution < 1.29 is 28.6 Å². The molecule has 2 saturated carbocycles. The Labute approximate surface area is 258 Å². The van der Waals surface area contributed by atoms with Crippen LogP contribution in [0.2, 0.25) is 0 Å². The standard InChI is InChI=1S/C22H18Cl2FNO3.C8H10Cl2O2/c1-22(2)15(11-19(23)24)20(22)21(27)29-18(12-26)13-8-9-16(25)17(10-13)28-14-6-4-3-5-7-14;1-8(2)4(3-5(9)10)6(8)7(11)12/h3-11,15,18,20H,1-2H3;3-4,6H,1-2H3,(H,11,12). The number of hydrogen-bond acceptors (Lipinski definition) is 5. The Morgan fingerprint density at radius 1 is 0.951 bits per heavy atom. The van der Waals surface area contributed by atoms with Gasteiger partial charge in [-0.2, -0.15) is 5.26 Å². The smallest absolute Gasteiger partial charge is 0.311 e. The van der Waals surface area contributed by atoms with Crippen LogP contribution in [0.4, 0.5) is 4.39 Å². The highest BCUT2D eigenvalue weighted by atomic mass is 35.5. The van der Waals surface area contributed by atoms with Gasteiger partial charge in [0.05, 0.1) is 11.8 Å². The number of nitriles is 1. The van der Waals surface area contributed by atoms with Gasteiger partial charge in [0, 0.05) is 5.56 Å². The van der Waals surface area contributed by atoms with E-state index in [0.717, 1.165) is 0 Å². The molecular weight excluding hydrogens is 615 g/mol. The summed E-state index contributed by atoms with van der Waals surface area (Å²) in [7, 11) is 0. The third kappa shape index (κ3) is 7.96. The lowest BCUT2D eigenvalue weighted by Crippen LogP contribution is -2.14. The Bertz CT molecular complexity index is 1400. The summed E-state index contributed by atoms with van der Waals surface area (Å²) >= 11 is 22.3. The van der Waals surface area contributed by atoms with Crippen LogP contribution in [0.5, 0.6) is 11.5 Å². The number of allylic oxidation sites excluding steroid dienone is 2. The van der Waals surface area contributed by atoms with Gasteiger partial charge in [-0.25, -0.2) is 4.39 Å². The van der Waals surface area contributed by atoms with Crippen molar-refractivity contribution in [3.05, 3.63) is 81.0 Å².